The van der Waals surface area contributed by atoms with Crippen molar-refractivity contribution in [3.8, 4) is 0 Å². The van der Waals surface area contributed by atoms with Gasteiger partial charge in [0.05, 0.1) is 5.60 Å². The third-order valence-electron chi connectivity index (χ3n) is 2.80. The van der Waals surface area contributed by atoms with Gasteiger partial charge in [-0.25, -0.2) is 0 Å². The first kappa shape index (κ1) is 9.62. The number of nitrogens with zero attached hydrogens (tertiary/aromatic N) is 1. The molecule has 0 aromatic carbocycles. The Hall–Kier alpha value is -0.930. The number of hydrogen-bond acceptors (Lipinski definition) is 3. The first-order chi connectivity index (χ1) is 6.74. The van der Waals surface area contributed by atoms with Gasteiger partial charge in [0.15, 0.2) is 0 Å². The second kappa shape index (κ2) is 3.67. The van der Waals surface area contributed by atoms with Crippen molar-refractivity contribution in [3.05, 3.63) is 29.6 Å². The molecule has 0 saturated carbocycles. The molecule has 3 heteroatoms. The van der Waals surface area contributed by atoms with Crippen molar-refractivity contribution in [1.82, 2.24) is 10.3 Å². The van der Waals surface area contributed by atoms with Crippen LogP contribution in [0.5, 0.6) is 0 Å². The Morgan fingerprint density at radius 1 is 1.57 bits per heavy atom. The smallest absolute Gasteiger partial charge is 0.0981 e. The van der Waals surface area contributed by atoms with E-state index in [4.69, 9.17) is 4.74 Å². The number of rotatable bonds is 3. The first-order valence-corrected chi connectivity index (χ1v) is 4.91. The van der Waals surface area contributed by atoms with Gasteiger partial charge in [0.1, 0.15) is 0 Å². The Bertz CT molecular complexity index is 315. The van der Waals surface area contributed by atoms with Gasteiger partial charge in [-0.15, -0.1) is 0 Å². The number of methoxy groups -OCH3 is 1. The van der Waals surface area contributed by atoms with E-state index < -0.39 is 0 Å². The summed E-state index contributed by atoms with van der Waals surface area (Å²) in [5, 5.41) is 3.24. The number of ether oxygens (including phenoxy) is 1. The van der Waals surface area contributed by atoms with E-state index in [0.717, 1.165) is 25.2 Å². The highest BCUT2D eigenvalue weighted by molar-refractivity contribution is 5.17. The minimum Gasteiger partial charge on any atom is -0.375 e. The molecule has 14 heavy (non-hydrogen) atoms. The lowest BCUT2D eigenvalue weighted by Crippen LogP contribution is -2.62. The topological polar surface area (TPSA) is 34.1 Å². The Balaban J connectivity index is 2.09. The standard InChI is InChI=1S/C11H16N2O/c1-9-3-4-13-10(5-9)6-11(14-2)7-12-8-11/h3-5,12H,6-8H2,1-2H3. The molecule has 3 nitrogen and oxygen atoms in total. The van der Waals surface area contributed by atoms with Crippen molar-refractivity contribution in [1.29, 1.82) is 0 Å². The highest BCUT2D eigenvalue weighted by atomic mass is 16.5. The molecule has 1 fully saturated rings. The fourth-order valence-corrected chi connectivity index (χ4v) is 1.77. The first-order valence-electron chi connectivity index (χ1n) is 4.91. The summed E-state index contributed by atoms with van der Waals surface area (Å²) in [4.78, 5) is 4.35. The maximum atomic E-state index is 5.52. The molecule has 0 spiro atoms. The lowest BCUT2D eigenvalue weighted by Gasteiger charge is -2.41. The molecule has 0 unspecified atom stereocenters. The summed E-state index contributed by atoms with van der Waals surface area (Å²) >= 11 is 0. The van der Waals surface area contributed by atoms with Gasteiger partial charge in [-0.2, -0.15) is 0 Å². The fraction of sp³-hybridized carbons (Fsp3) is 0.545. The maximum absolute atomic E-state index is 5.52. The van der Waals surface area contributed by atoms with Crippen LogP contribution in [-0.2, 0) is 11.2 Å². The average molecular weight is 192 g/mol. The molecule has 2 rings (SSSR count). The molecule has 0 aliphatic carbocycles. The summed E-state index contributed by atoms with van der Waals surface area (Å²) in [6.07, 6.45) is 2.76. The average Bonchev–Trinajstić information content (AvgIpc) is 2.11. The van der Waals surface area contributed by atoms with Crippen LogP contribution in [0.4, 0.5) is 0 Å². The minimum atomic E-state index is -0.0131. The third kappa shape index (κ3) is 1.79. The molecule has 1 N–H and O–H groups in total. The van der Waals surface area contributed by atoms with Gasteiger partial charge in [-0.1, -0.05) is 0 Å². The van der Waals surface area contributed by atoms with Crippen LogP contribution in [0.3, 0.4) is 0 Å². The number of hydrogen-bond donors (Lipinski definition) is 1. The van der Waals surface area contributed by atoms with E-state index >= 15 is 0 Å². The summed E-state index contributed by atoms with van der Waals surface area (Å²) in [6, 6.07) is 4.14. The minimum absolute atomic E-state index is 0.0131. The van der Waals surface area contributed by atoms with Gasteiger partial charge in [-0.3, -0.25) is 4.98 Å². The van der Waals surface area contributed by atoms with Crippen LogP contribution in [0.1, 0.15) is 11.3 Å². The molecule has 0 amide bonds. The Morgan fingerprint density at radius 3 is 2.86 bits per heavy atom. The van der Waals surface area contributed by atoms with Crippen molar-refractivity contribution in [2.24, 2.45) is 0 Å². The third-order valence-corrected chi connectivity index (χ3v) is 2.80. The van der Waals surface area contributed by atoms with Crippen molar-refractivity contribution < 1.29 is 4.74 Å². The predicted molar refractivity (Wildman–Crippen MR) is 55.3 cm³/mol. The van der Waals surface area contributed by atoms with Crippen molar-refractivity contribution in [2.45, 2.75) is 18.9 Å². The van der Waals surface area contributed by atoms with Gasteiger partial charge in [0.2, 0.25) is 0 Å². The lowest BCUT2D eigenvalue weighted by atomic mass is 9.90. The summed E-state index contributed by atoms with van der Waals surface area (Å²) in [7, 11) is 1.77. The van der Waals surface area contributed by atoms with Gasteiger partial charge < -0.3 is 10.1 Å². The zero-order valence-corrected chi connectivity index (χ0v) is 8.71. The molecule has 1 aliphatic rings. The van der Waals surface area contributed by atoms with E-state index in [1.165, 1.54) is 5.56 Å². The van der Waals surface area contributed by atoms with Gasteiger partial charge >= 0.3 is 0 Å². The summed E-state index contributed by atoms with van der Waals surface area (Å²) in [5.74, 6) is 0. The van der Waals surface area contributed by atoms with E-state index in [-0.39, 0.29) is 5.60 Å². The molecule has 0 atom stereocenters. The molecule has 2 heterocycles. The Kier molecular flexibility index (Phi) is 2.52. The maximum Gasteiger partial charge on any atom is 0.0981 e. The zero-order chi connectivity index (χ0) is 10.0. The molecule has 1 saturated heterocycles. The van der Waals surface area contributed by atoms with Crippen molar-refractivity contribution >= 4 is 0 Å². The van der Waals surface area contributed by atoms with E-state index in [1.54, 1.807) is 7.11 Å². The summed E-state index contributed by atoms with van der Waals surface area (Å²) in [6.45, 7) is 3.95. The molecular weight excluding hydrogens is 176 g/mol. The van der Waals surface area contributed by atoms with Gasteiger partial charge in [0.25, 0.3) is 0 Å². The summed E-state index contributed by atoms with van der Waals surface area (Å²) < 4.78 is 5.52. The van der Waals surface area contributed by atoms with Crippen LogP contribution in [0.15, 0.2) is 18.3 Å². The van der Waals surface area contributed by atoms with E-state index in [9.17, 15) is 0 Å². The zero-order valence-electron chi connectivity index (χ0n) is 8.71. The Morgan fingerprint density at radius 2 is 2.36 bits per heavy atom. The van der Waals surface area contributed by atoms with E-state index in [1.807, 2.05) is 12.3 Å². The normalized spacial score (nSPS) is 19.0. The Labute approximate surface area is 84.5 Å². The van der Waals surface area contributed by atoms with E-state index in [2.05, 4.69) is 23.3 Å². The molecule has 76 valence electrons. The van der Waals surface area contributed by atoms with Crippen LogP contribution in [0.2, 0.25) is 0 Å². The highest BCUT2D eigenvalue weighted by Crippen LogP contribution is 2.20. The second-order valence-corrected chi connectivity index (χ2v) is 3.99. The predicted octanol–water partition coefficient (Wildman–Crippen LogP) is 0.921. The molecule has 0 radical (unpaired) electrons. The van der Waals surface area contributed by atoms with Gasteiger partial charge in [-0.05, 0) is 24.6 Å². The molecule has 1 aromatic rings. The van der Waals surface area contributed by atoms with Crippen LogP contribution >= 0.6 is 0 Å². The summed E-state index contributed by atoms with van der Waals surface area (Å²) in [5.41, 5.74) is 2.36. The highest BCUT2D eigenvalue weighted by Gasteiger charge is 2.37. The second-order valence-electron chi connectivity index (χ2n) is 3.99. The SMILES string of the molecule is COC1(Cc2cc(C)ccn2)CNC1. The van der Waals surface area contributed by atoms with Crippen LogP contribution in [0, 0.1) is 6.92 Å². The number of aryl methyl sites for hydroxylation is 1. The fourth-order valence-electron chi connectivity index (χ4n) is 1.77. The molecule has 0 bridgehead atoms. The monoisotopic (exact) mass is 192 g/mol. The van der Waals surface area contributed by atoms with Crippen LogP contribution in [0.25, 0.3) is 0 Å². The van der Waals surface area contributed by atoms with Crippen LogP contribution in [-0.4, -0.2) is 30.8 Å². The largest absolute Gasteiger partial charge is 0.375 e. The molecule has 1 aliphatic heterocycles. The number of pyridine rings is 1. The van der Waals surface area contributed by atoms with Crippen molar-refractivity contribution in [3.63, 3.8) is 0 Å². The van der Waals surface area contributed by atoms with E-state index in [0.29, 0.717) is 0 Å². The number of aromatic nitrogens is 1. The quantitative estimate of drug-likeness (QED) is 0.773. The van der Waals surface area contributed by atoms with Gasteiger partial charge in [0, 0.05) is 38.5 Å². The van der Waals surface area contributed by atoms with Crippen molar-refractivity contribution in [2.75, 3.05) is 20.2 Å². The number of nitrogens with one attached hydrogen (secondary N) is 1. The molecular formula is C11H16N2O. The van der Waals surface area contributed by atoms with Crippen LogP contribution < -0.4 is 5.32 Å². The molecule has 1 aromatic heterocycles. The lowest BCUT2D eigenvalue weighted by molar-refractivity contribution is -0.0508.